The number of nitrogens with one attached hydrogen (secondary N) is 1. The van der Waals surface area contributed by atoms with Crippen LogP contribution in [0.25, 0.3) is 0 Å². The summed E-state index contributed by atoms with van der Waals surface area (Å²) in [6, 6.07) is 14.0. The third-order valence-corrected chi connectivity index (χ3v) is 4.79. The molecule has 0 saturated heterocycles. The van der Waals surface area contributed by atoms with Crippen molar-refractivity contribution in [2.45, 2.75) is 13.0 Å². The number of benzene rings is 2. The first-order valence-electron chi connectivity index (χ1n) is 8.50. The Morgan fingerprint density at radius 2 is 1.93 bits per heavy atom. The molecule has 1 N–H and O–H groups in total. The SMILES string of the molecule is O=C(c1cc(Nc2ccc(F)c(Cl)c2)ncn1)N1CCc2ccccc2C1. The molecule has 1 aliphatic rings. The van der Waals surface area contributed by atoms with Gasteiger partial charge in [-0.1, -0.05) is 35.9 Å². The Kier molecular flexibility index (Phi) is 4.73. The van der Waals surface area contributed by atoms with Crippen LogP contribution in [0.5, 0.6) is 0 Å². The lowest BCUT2D eigenvalue weighted by atomic mass is 10.00. The minimum absolute atomic E-state index is 0.0114. The van der Waals surface area contributed by atoms with Gasteiger partial charge in [-0.25, -0.2) is 14.4 Å². The molecule has 3 aromatic rings. The summed E-state index contributed by atoms with van der Waals surface area (Å²) >= 11 is 5.80. The van der Waals surface area contributed by atoms with Crippen LogP contribution in [-0.2, 0) is 13.0 Å². The molecule has 5 nitrogen and oxygen atoms in total. The van der Waals surface area contributed by atoms with Gasteiger partial charge in [0.1, 0.15) is 23.7 Å². The van der Waals surface area contributed by atoms with Crippen molar-refractivity contribution in [3.8, 4) is 0 Å². The van der Waals surface area contributed by atoms with Gasteiger partial charge in [0, 0.05) is 24.8 Å². The monoisotopic (exact) mass is 382 g/mol. The Morgan fingerprint density at radius 1 is 1.11 bits per heavy atom. The van der Waals surface area contributed by atoms with E-state index in [2.05, 4.69) is 21.4 Å². The largest absolute Gasteiger partial charge is 0.340 e. The van der Waals surface area contributed by atoms with Crippen molar-refractivity contribution < 1.29 is 9.18 Å². The summed E-state index contributed by atoms with van der Waals surface area (Å²) in [5, 5.41) is 3.02. The normalized spacial score (nSPS) is 13.2. The first-order valence-corrected chi connectivity index (χ1v) is 8.88. The van der Waals surface area contributed by atoms with Crippen LogP contribution >= 0.6 is 11.6 Å². The van der Waals surface area contributed by atoms with Crippen LogP contribution in [0.2, 0.25) is 5.02 Å². The van der Waals surface area contributed by atoms with Gasteiger partial charge in [-0.2, -0.15) is 0 Å². The summed E-state index contributed by atoms with van der Waals surface area (Å²) < 4.78 is 13.3. The Labute approximate surface area is 160 Å². The number of fused-ring (bicyclic) bond motifs is 1. The van der Waals surface area contributed by atoms with E-state index in [1.54, 1.807) is 17.0 Å². The van der Waals surface area contributed by atoms with Gasteiger partial charge in [-0.05, 0) is 35.7 Å². The number of rotatable bonds is 3. The molecule has 2 heterocycles. The maximum Gasteiger partial charge on any atom is 0.272 e. The molecule has 0 spiro atoms. The molecule has 1 amide bonds. The minimum atomic E-state index is -0.494. The number of nitrogens with zero attached hydrogens (tertiary/aromatic N) is 3. The molecule has 0 bridgehead atoms. The smallest absolute Gasteiger partial charge is 0.272 e. The summed E-state index contributed by atoms with van der Waals surface area (Å²) in [5.41, 5.74) is 3.32. The molecular weight excluding hydrogens is 367 g/mol. The second kappa shape index (κ2) is 7.32. The fourth-order valence-corrected chi connectivity index (χ4v) is 3.28. The number of carbonyl (C=O) groups excluding carboxylic acids is 1. The second-order valence-corrected chi connectivity index (χ2v) is 6.69. The average molecular weight is 383 g/mol. The van der Waals surface area contributed by atoms with Gasteiger partial charge in [-0.15, -0.1) is 0 Å². The second-order valence-electron chi connectivity index (χ2n) is 6.29. The van der Waals surface area contributed by atoms with E-state index >= 15 is 0 Å². The van der Waals surface area contributed by atoms with Crippen LogP contribution < -0.4 is 5.32 Å². The van der Waals surface area contributed by atoms with E-state index in [1.807, 2.05) is 18.2 Å². The summed E-state index contributed by atoms with van der Waals surface area (Å²) in [7, 11) is 0. The molecule has 4 rings (SSSR count). The Balaban J connectivity index is 1.52. The summed E-state index contributed by atoms with van der Waals surface area (Å²) in [5.74, 6) is -0.202. The highest BCUT2D eigenvalue weighted by Crippen LogP contribution is 2.23. The van der Waals surface area contributed by atoms with E-state index in [9.17, 15) is 9.18 Å². The fraction of sp³-hybridized carbons (Fsp3) is 0.150. The molecule has 0 atom stereocenters. The third kappa shape index (κ3) is 3.75. The number of hydrogen-bond donors (Lipinski definition) is 1. The zero-order chi connectivity index (χ0) is 18.8. The van der Waals surface area contributed by atoms with E-state index < -0.39 is 5.82 Å². The Morgan fingerprint density at radius 3 is 2.74 bits per heavy atom. The van der Waals surface area contributed by atoms with Gasteiger partial charge in [0.25, 0.3) is 5.91 Å². The molecule has 0 aliphatic carbocycles. The maximum atomic E-state index is 13.3. The molecule has 2 aromatic carbocycles. The summed E-state index contributed by atoms with van der Waals surface area (Å²) in [6.45, 7) is 1.21. The highest BCUT2D eigenvalue weighted by molar-refractivity contribution is 6.31. The van der Waals surface area contributed by atoms with Gasteiger partial charge in [0.05, 0.1) is 5.02 Å². The molecule has 0 fully saturated rings. The zero-order valence-electron chi connectivity index (χ0n) is 14.3. The number of hydrogen-bond acceptors (Lipinski definition) is 4. The predicted molar refractivity (Wildman–Crippen MR) is 102 cm³/mol. The summed E-state index contributed by atoms with van der Waals surface area (Å²) in [4.78, 5) is 22.9. The zero-order valence-corrected chi connectivity index (χ0v) is 15.1. The van der Waals surface area contributed by atoms with Crippen molar-refractivity contribution >= 4 is 29.0 Å². The average Bonchev–Trinajstić information content (AvgIpc) is 2.70. The van der Waals surface area contributed by atoms with E-state index in [4.69, 9.17) is 11.6 Å². The van der Waals surface area contributed by atoms with Crippen LogP contribution in [0.1, 0.15) is 21.6 Å². The van der Waals surface area contributed by atoms with Crippen LogP contribution in [0, 0.1) is 5.82 Å². The highest BCUT2D eigenvalue weighted by Gasteiger charge is 2.22. The van der Waals surface area contributed by atoms with Gasteiger partial charge in [0.15, 0.2) is 0 Å². The molecule has 7 heteroatoms. The first-order chi connectivity index (χ1) is 13.1. The van der Waals surface area contributed by atoms with Crippen molar-refractivity contribution in [2.75, 3.05) is 11.9 Å². The van der Waals surface area contributed by atoms with Gasteiger partial charge < -0.3 is 10.2 Å². The maximum absolute atomic E-state index is 13.3. The number of anilines is 2. The van der Waals surface area contributed by atoms with Crippen molar-refractivity contribution in [3.63, 3.8) is 0 Å². The fourth-order valence-electron chi connectivity index (χ4n) is 3.10. The number of amides is 1. The standard InChI is InChI=1S/C20H16ClFN4O/c21-16-9-15(5-6-17(16)22)25-19-10-18(23-12-24-19)20(27)26-8-7-13-3-1-2-4-14(13)11-26/h1-6,9-10,12H,7-8,11H2,(H,23,24,25). The lowest BCUT2D eigenvalue weighted by molar-refractivity contribution is 0.0728. The topological polar surface area (TPSA) is 58.1 Å². The molecule has 0 saturated carbocycles. The van der Waals surface area contributed by atoms with E-state index in [1.165, 1.54) is 24.0 Å². The molecule has 27 heavy (non-hydrogen) atoms. The van der Waals surface area contributed by atoms with Gasteiger partial charge in [-0.3, -0.25) is 4.79 Å². The van der Waals surface area contributed by atoms with Crippen LogP contribution in [0.3, 0.4) is 0 Å². The van der Waals surface area contributed by atoms with Crippen molar-refractivity contribution in [1.29, 1.82) is 0 Å². The Hall–Kier alpha value is -2.99. The van der Waals surface area contributed by atoms with E-state index in [-0.39, 0.29) is 10.9 Å². The first kappa shape index (κ1) is 17.4. The molecular formula is C20H16ClFN4O. The molecule has 1 aromatic heterocycles. The number of carbonyl (C=O) groups is 1. The third-order valence-electron chi connectivity index (χ3n) is 4.50. The van der Waals surface area contributed by atoms with Crippen molar-refractivity contribution in [3.05, 3.63) is 82.5 Å². The predicted octanol–water partition coefficient (Wildman–Crippen LogP) is 4.21. The molecule has 0 unspecified atom stereocenters. The number of aromatic nitrogens is 2. The van der Waals surface area contributed by atoms with Crippen LogP contribution in [0.4, 0.5) is 15.9 Å². The summed E-state index contributed by atoms with van der Waals surface area (Å²) in [6.07, 6.45) is 2.16. The quantitative estimate of drug-likeness (QED) is 0.737. The van der Waals surface area contributed by atoms with Gasteiger partial charge >= 0.3 is 0 Å². The minimum Gasteiger partial charge on any atom is -0.340 e. The lowest BCUT2D eigenvalue weighted by Crippen LogP contribution is -2.36. The lowest BCUT2D eigenvalue weighted by Gasteiger charge is -2.28. The van der Waals surface area contributed by atoms with Crippen LogP contribution in [-0.4, -0.2) is 27.3 Å². The molecule has 0 radical (unpaired) electrons. The molecule has 136 valence electrons. The van der Waals surface area contributed by atoms with E-state index in [0.717, 1.165) is 12.0 Å². The molecule has 1 aliphatic heterocycles. The number of halogens is 2. The van der Waals surface area contributed by atoms with Crippen molar-refractivity contribution in [2.24, 2.45) is 0 Å². The van der Waals surface area contributed by atoms with Crippen molar-refractivity contribution in [1.82, 2.24) is 14.9 Å². The van der Waals surface area contributed by atoms with E-state index in [0.29, 0.717) is 30.3 Å². The Bertz CT molecular complexity index is 1010. The highest BCUT2D eigenvalue weighted by atomic mass is 35.5. The van der Waals surface area contributed by atoms with Crippen LogP contribution in [0.15, 0.2) is 54.9 Å². The van der Waals surface area contributed by atoms with Gasteiger partial charge in [0.2, 0.25) is 0 Å².